The van der Waals surface area contributed by atoms with Gasteiger partial charge in [0.15, 0.2) is 0 Å². The lowest BCUT2D eigenvalue weighted by molar-refractivity contribution is 0.394. The van der Waals surface area contributed by atoms with E-state index in [1.165, 1.54) is 19.3 Å². The Kier molecular flexibility index (Phi) is 8.64. The lowest BCUT2D eigenvalue weighted by Gasteiger charge is -2.15. The minimum atomic E-state index is 0.0593. The SMILES string of the molecule is CCCC(CC(C)CCCC(C)C)N=O. The Morgan fingerprint density at radius 3 is 2.20 bits per heavy atom. The number of nitrogens with zero attached hydrogens (tertiary/aromatic N) is 1. The van der Waals surface area contributed by atoms with Gasteiger partial charge in [-0.2, -0.15) is 4.91 Å². The van der Waals surface area contributed by atoms with E-state index in [4.69, 9.17) is 0 Å². The summed E-state index contributed by atoms with van der Waals surface area (Å²) in [7, 11) is 0. The summed E-state index contributed by atoms with van der Waals surface area (Å²) < 4.78 is 0. The number of hydrogen-bond donors (Lipinski definition) is 0. The molecule has 0 N–H and O–H groups in total. The minimum absolute atomic E-state index is 0.0593. The molecular weight excluding hydrogens is 186 g/mol. The van der Waals surface area contributed by atoms with Crippen molar-refractivity contribution in [3.05, 3.63) is 4.91 Å². The number of hydrogen-bond acceptors (Lipinski definition) is 2. The molecule has 0 rings (SSSR count). The molecule has 0 aliphatic carbocycles. The predicted molar refractivity (Wildman–Crippen MR) is 67.0 cm³/mol. The molecule has 2 nitrogen and oxygen atoms in total. The maximum absolute atomic E-state index is 10.6. The van der Waals surface area contributed by atoms with Crippen molar-refractivity contribution in [2.75, 3.05) is 0 Å². The first-order valence-electron chi connectivity index (χ1n) is 6.42. The van der Waals surface area contributed by atoms with Crippen molar-refractivity contribution in [1.29, 1.82) is 0 Å². The van der Waals surface area contributed by atoms with Crippen molar-refractivity contribution < 1.29 is 0 Å². The normalized spacial score (nSPS) is 15.3. The van der Waals surface area contributed by atoms with E-state index in [9.17, 15) is 4.91 Å². The monoisotopic (exact) mass is 213 g/mol. The Morgan fingerprint density at radius 1 is 1.07 bits per heavy atom. The van der Waals surface area contributed by atoms with Crippen LogP contribution in [0.15, 0.2) is 5.18 Å². The molecule has 2 atom stereocenters. The van der Waals surface area contributed by atoms with Gasteiger partial charge in [0.25, 0.3) is 0 Å². The third kappa shape index (κ3) is 8.59. The summed E-state index contributed by atoms with van der Waals surface area (Å²) in [5.41, 5.74) is 0. The van der Waals surface area contributed by atoms with Crippen LogP contribution in [0.1, 0.15) is 66.2 Å². The summed E-state index contributed by atoms with van der Waals surface area (Å²) >= 11 is 0. The Bertz CT molecular complexity index is 157. The molecule has 0 aliphatic heterocycles. The topological polar surface area (TPSA) is 29.4 Å². The molecule has 0 aromatic rings. The molecular formula is C13H27NO. The lowest BCUT2D eigenvalue weighted by Crippen LogP contribution is -2.09. The van der Waals surface area contributed by atoms with Crippen molar-refractivity contribution in [3.8, 4) is 0 Å². The van der Waals surface area contributed by atoms with Crippen LogP contribution in [0.5, 0.6) is 0 Å². The molecule has 0 amide bonds. The average Bonchev–Trinajstić information content (AvgIpc) is 2.16. The number of nitroso groups, excluding NO2 is 1. The van der Waals surface area contributed by atoms with Crippen LogP contribution in [0, 0.1) is 16.7 Å². The van der Waals surface area contributed by atoms with E-state index in [2.05, 4.69) is 32.9 Å². The van der Waals surface area contributed by atoms with Crippen LogP contribution >= 0.6 is 0 Å². The van der Waals surface area contributed by atoms with Gasteiger partial charge in [0.2, 0.25) is 0 Å². The molecule has 0 saturated heterocycles. The van der Waals surface area contributed by atoms with Crippen LogP contribution in [0.2, 0.25) is 0 Å². The van der Waals surface area contributed by atoms with Crippen LogP contribution < -0.4 is 0 Å². The van der Waals surface area contributed by atoms with Gasteiger partial charge >= 0.3 is 0 Å². The molecule has 15 heavy (non-hydrogen) atoms. The second-order valence-corrected chi connectivity index (χ2v) is 5.21. The molecule has 0 bridgehead atoms. The molecule has 90 valence electrons. The fourth-order valence-corrected chi connectivity index (χ4v) is 2.00. The van der Waals surface area contributed by atoms with E-state index in [0.717, 1.165) is 25.2 Å². The Hall–Kier alpha value is -0.400. The van der Waals surface area contributed by atoms with E-state index in [1.807, 2.05) is 0 Å². The predicted octanol–water partition coefficient (Wildman–Crippen LogP) is 4.77. The fraction of sp³-hybridized carbons (Fsp3) is 1.00. The van der Waals surface area contributed by atoms with E-state index >= 15 is 0 Å². The summed E-state index contributed by atoms with van der Waals surface area (Å²) in [5.74, 6) is 1.45. The van der Waals surface area contributed by atoms with Crippen LogP contribution in [-0.2, 0) is 0 Å². The summed E-state index contributed by atoms with van der Waals surface area (Å²) in [4.78, 5) is 10.6. The van der Waals surface area contributed by atoms with E-state index in [-0.39, 0.29) is 6.04 Å². The Labute approximate surface area is 94.8 Å². The quantitative estimate of drug-likeness (QED) is 0.507. The first kappa shape index (κ1) is 14.6. The molecule has 0 aromatic carbocycles. The number of rotatable bonds is 9. The fourth-order valence-electron chi connectivity index (χ4n) is 2.00. The molecule has 0 saturated carbocycles. The third-order valence-electron chi connectivity index (χ3n) is 2.92. The van der Waals surface area contributed by atoms with Gasteiger partial charge in [-0.25, -0.2) is 0 Å². The van der Waals surface area contributed by atoms with E-state index in [0.29, 0.717) is 5.92 Å². The van der Waals surface area contributed by atoms with Crippen molar-refractivity contribution in [3.63, 3.8) is 0 Å². The van der Waals surface area contributed by atoms with Gasteiger partial charge in [-0.3, -0.25) is 0 Å². The van der Waals surface area contributed by atoms with Crippen LogP contribution in [0.3, 0.4) is 0 Å². The van der Waals surface area contributed by atoms with Gasteiger partial charge in [-0.05, 0) is 24.7 Å². The van der Waals surface area contributed by atoms with E-state index < -0.39 is 0 Å². The maximum atomic E-state index is 10.6. The van der Waals surface area contributed by atoms with Crippen molar-refractivity contribution in [2.24, 2.45) is 17.0 Å². The van der Waals surface area contributed by atoms with Crippen molar-refractivity contribution >= 4 is 0 Å². The minimum Gasteiger partial charge on any atom is -0.151 e. The Morgan fingerprint density at radius 2 is 1.73 bits per heavy atom. The second kappa shape index (κ2) is 8.87. The lowest BCUT2D eigenvalue weighted by atomic mass is 9.93. The average molecular weight is 213 g/mol. The van der Waals surface area contributed by atoms with Gasteiger partial charge in [-0.1, -0.05) is 58.6 Å². The highest BCUT2D eigenvalue weighted by molar-refractivity contribution is 4.68. The molecule has 2 heteroatoms. The molecule has 0 radical (unpaired) electrons. The first-order valence-corrected chi connectivity index (χ1v) is 6.42. The van der Waals surface area contributed by atoms with Crippen LogP contribution in [0.4, 0.5) is 0 Å². The highest BCUT2D eigenvalue weighted by atomic mass is 16.3. The van der Waals surface area contributed by atoms with Gasteiger partial charge in [0.05, 0.1) is 6.04 Å². The zero-order valence-corrected chi connectivity index (χ0v) is 10.8. The first-order chi connectivity index (χ1) is 7.10. The second-order valence-electron chi connectivity index (χ2n) is 5.21. The third-order valence-corrected chi connectivity index (χ3v) is 2.92. The highest BCUT2D eigenvalue weighted by Gasteiger charge is 2.12. The molecule has 0 aromatic heterocycles. The molecule has 0 spiro atoms. The Balaban J connectivity index is 3.61. The van der Waals surface area contributed by atoms with Gasteiger partial charge in [-0.15, -0.1) is 0 Å². The van der Waals surface area contributed by atoms with Crippen LogP contribution in [-0.4, -0.2) is 6.04 Å². The van der Waals surface area contributed by atoms with Gasteiger partial charge < -0.3 is 0 Å². The largest absolute Gasteiger partial charge is 0.151 e. The van der Waals surface area contributed by atoms with Crippen LogP contribution in [0.25, 0.3) is 0 Å². The zero-order valence-electron chi connectivity index (χ0n) is 10.8. The molecule has 0 heterocycles. The smallest absolute Gasteiger partial charge is 0.0922 e. The summed E-state index contributed by atoms with van der Waals surface area (Å²) in [6, 6.07) is 0.0593. The molecule has 0 aliphatic rings. The van der Waals surface area contributed by atoms with E-state index in [1.54, 1.807) is 0 Å². The maximum Gasteiger partial charge on any atom is 0.0922 e. The van der Waals surface area contributed by atoms with Gasteiger partial charge in [0.1, 0.15) is 0 Å². The zero-order chi connectivity index (χ0) is 11.7. The summed E-state index contributed by atoms with van der Waals surface area (Å²) in [6.07, 6.45) is 6.84. The van der Waals surface area contributed by atoms with Gasteiger partial charge in [0, 0.05) is 0 Å². The summed E-state index contributed by atoms with van der Waals surface area (Å²) in [6.45, 7) is 8.88. The molecule has 2 unspecified atom stereocenters. The van der Waals surface area contributed by atoms with Crippen molar-refractivity contribution in [1.82, 2.24) is 0 Å². The van der Waals surface area contributed by atoms with Crippen molar-refractivity contribution in [2.45, 2.75) is 72.3 Å². The standard InChI is InChI=1S/C13H27NO/c1-5-7-13(14-15)10-12(4)9-6-8-11(2)3/h11-13H,5-10H2,1-4H3. The summed E-state index contributed by atoms with van der Waals surface area (Å²) in [5, 5.41) is 3.21. The molecule has 0 fully saturated rings. The highest BCUT2D eigenvalue weighted by Crippen LogP contribution is 2.19.